The molecule has 3 rings (SSSR count). The largest absolute Gasteiger partial charge is 0.494 e. The van der Waals surface area contributed by atoms with Crippen LogP contribution in [0.1, 0.15) is 23.8 Å². The standard InChI is InChI=1S/C23H26N2O4S/c1-5-29-18-10-8-17(9-11-18)22-15(2)30-23(25-22)24-21(26)13-7-16-6-12-19(27-3)20(14-16)28-4/h6,8-12,14H,5,7,13H2,1-4H3,(H,24,25,26). The predicted molar refractivity (Wildman–Crippen MR) is 120 cm³/mol. The Bertz CT molecular complexity index is 999. The van der Waals surface area contributed by atoms with E-state index in [0.717, 1.165) is 27.4 Å². The second-order valence-corrected chi connectivity index (χ2v) is 7.82. The van der Waals surface area contributed by atoms with E-state index in [1.54, 1.807) is 14.2 Å². The predicted octanol–water partition coefficient (Wildman–Crippen LogP) is 5.11. The molecule has 0 radical (unpaired) electrons. The fourth-order valence-electron chi connectivity index (χ4n) is 3.07. The number of aryl methyl sites for hydroxylation is 2. The number of methoxy groups -OCH3 is 2. The van der Waals surface area contributed by atoms with Gasteiger partial charge in [0, 0.05) is 16.9 Å². The van der Waals surface area contributed by atoms with Crippen LogP contribution in [-0.2, 0) is 11.2 Å². The number of nitrogens with zero attached hydrogens (tertiary/aromatic N) is 1. The molecule has 7 heteroatoms. The van der Waals surface area contributed by atoms with Crippen LogP contribution >= 0.6 is 11.3 Å². The molecule has 0 aliphatic heterocycles. The molecule has 0 unspecified atom stereocenters. The van der Waals surface area contributed by atoms with Crippen LogP contribution in [0.2, 0.25) is 0 Å². The molecule has 0 saturated carbocycles. The Hall–Kier alpha value is -3.06. The quantitative estimate of drug-likeness (QED) is 0.515. The fourth-order valence-corrected chi connectivity index (χ4v) is 3.92. The van der Waals surface area contributed by atoms with Gasteiger partial charge in [-0.2, -0.15) is 0 Å². The number of amides is 1. The maximum atomic E-state index is 12.4. The lowest BCUT2D eigenvalue weighted by molar-refractivity contribution is -0.116. The van der Waals surface area contributed by atoms with Crippen molar-refractivity contribution in [2.45, 2.75) is 26.7 Å². The smallest absolute Gasteiger partial charge is 0.226 e. The third kappa shape index (κ3) is 5.30. The number of carbonyl (C=O) groups excluding carboxylic acids is 1. The van der Waals surface area contributed by atoms with E-state index in [-0.39, 0.29) is 5.91 Å². The summed E-state index contributed by atoms with van der Waals surface area (Å²) in [6.45, 7) is 4.59. The molecule has 0 aliphatic carbocycles. The lowest BCUT2D eigenvalue weighted by atomic mass is 10.1. The van der Waals surface area contributed by atoms with Gasteiger partial charge in [0.1, 0.15) is 5.75 Å². The first kappa shape index (κ1) is 21.6. The number of hydrogen-bond acceptors (Lipinski definition) is 6. The average Bonchev–Trinajstić information content (AvgIpc) is 3.12. The topological polar surface area (TPSA) is 69.7 Å². The lowest BCUT2D eigenvalue weighted by Gasteiger charge is -2.09. The average molecular weight is 427 g/mol. The van der Waals surface area contributed by atoms with Gasteiger partial charge < -0.3 is 19.5 Å². The van der Waals surface area contributed by atoms with Gasteiger partial charge in [0.2, 0.25) is 5.91 Å². The third-order valence-electron chi connectivity index (χ3n) is 4.57. The van der Waals surface area contributed by atoms with Gasteiger partial charge >= 0.3 is 0 Å². The van der Waals surface area contributed by atoms with Crippen LogP contribution in [0.3, 0.4) is 0 Å². The van der Waals surface area contributed by atoms with E-state index >= 15 is 0 Å². The van der Waals surface area contributed by atoms with E-state index in [4.69, 9.17) is 14.2 Å². The van der Waals surface area contributed by atoms with Gasteiger partial charge in [0.15, 0.2) is 16.6 Å². The molecule has 0 aliphatic rings. The van der Waals surface area contributed by atoms with E-state index in [1.807, 2.05) is 56.3 Å². The van der Waals surface area contributed by atoms with Crippen LogP contribution in [0.5, 0.6) is 17.2 Å². The molecule has 0 bridgehead atoms. The summed E-state index contributed by atoms with van der Waals surface area (Å²) < 4.78 is 16.0. The summed E-state index contributed by atoms with van der Waals surface area (Å²) >= 11 is 1.47. The van der Waals surface area contributed by atoms with Crippen molar-refractivity contribution in [1.29, 1.82) is 0 Å². The molecule has 158 valence electrons. The number of hydrogen-bond donors (Lipinski definition) is 1. The van der Waals surface area contributed by atoms with E-state index in [9.17, 15) is 4.79 Å². The summed E-state index contributed by atoms with van der Waals surface area (Å²) in [6.07, 6.45) is 0.953. The van der Waals surface area contributed by atoms with Gasteiger partial charge in [-0.1, -0.05) is 6.07 Å². The minimum Gasteiger partial charge on any atom is -0.494 e. The molecule has 2 aromatic carbocycles. The molecular formula is C23H26N2O4S. The van der Waals surface area contributed by atoms with Crippen molar-refractivity contribution in [1.82, 2.24) is 4.98 Å². The van der Waals surface area contributed by atoms with Crippen LogP contribution in [0, 0.1) is 6.92 Å². The maximum absolute atomic E-state index is 12.4. The first-order valence-electron chi connectivity index (χ1n) is 9.75. The Kier molecular flexibility index (Phi) is 7.30. The van der Waals surface area contributed by atoms with Crippen molar-refractivity contribution in [3.63, 3.8) is 0 Å². The van der Waals surface area contributed by atoms with E-state index < -0.39 is 0 Å². The number of ether oxygens (including phenoxy) is 3. The highest BCUT2D eigenvalue weighted by atomic mass is 32.1. The Morgan fingerprint density at radius 1 is 1.07 bits per heavy atom. The highest BCUT2D eigenvalue weighted by molar-refractivity contribution is 7.16. The fraction of sp³-hybridized carbons (Fsp3) is 0.304. The summed E-state index contributed by atoms with van der Waals surface area (Å²) in [4.78, 5) is 18.1. The molecule has 1 heterocycles. The van der Waals surface area contributed by atoms with E-state index in [0.29, 0.717) is 36.1 Å². The summed E-state index contributed by atoms with van der Waals surface area (Å²) in [6, 6.07) is 13.5. The van der Waals surface area contributed by atoms with E-state index in [1.165, 1.54) is 11.3 Å². The van der Waals surface area contributed by atoms with Crippen LogP contribution in [-0.4, -0.2) is 31.7 Å². The van der Waals surface area contributed by atoms with E-state index in [2.05, 4.69) is 10.3 Å². The molecule has 0 spiro atoms. The summed E-state index contributed by atoms with van der Waals surface area (Å²) in [5.41, 5.74) is 2.88. The van der Waals surface area contributed by atoms with Crippen molar-refractivity contribution < 1.29 is 19.0 Å². The summed E-state index contributed by atoms with van der Waals surface area (Å²) in [5, 5.41) is 3.52. The molecule has 1 aromatic heterocycles. The minimum absolute atomic E-state index is 0.0724. The zero-order valence-electron chi connectivity index (χ0n) is 17.7. The number of carbonyl (C=O) groups is 1. The monoisotopic (exact) mass is 426 g/mol. The van der Waals surface area contributed by atoms with Gasteiger partial charge in [-0.25, -0.2) is 4.98 Å². The number of nitrogens with one attached hydrogen (secondary N) is 1. The first-order chi connectivity index (χ1) is 14.5. The Labute approximate surface area is 180 Å². The molecule has 0 atom stereocenters. The number of anilines is 1. The lowest BCUT2D eigenvalue weighted by Crippen LogP contribution is -2.12. The van der Waals surface area contributed by atoms with Gasteiger partial charge in [-0.15, -0.1) is 11.3 Å². The van der Waals surface area contributed by atoms with Crippen LogP contribution in [0.4, 0.5) is 5.13 Å². The number of aromatic nitrogens is 1. The molecule has 3 aromatic rings. The minimum atomic E-state index is -0.0724. The van der Waals surface area contributed by atoms with Crippen molar-refractivity contribution in [3.8, 4) is 28.5 Å². The molecule has 0 saturated heterocycles. The first-order valence-corrected chi connectivity index (χ1v) is 10.6. The van der Waals surface area contributed by atoms with Gasteiger partial charge in [-0.05, 0) is 62.2 Å². The molecule has 1 amide bonds. The number of rotatable bonds is 9. The SMILES string of the molecule is CCOc1ccc(-c2nc(NC(=O)CCc3ccc(OC)c(OC)c3)sc2C)cc1. The zero-order chi connectivity index (χ0) is 21.5. The molecule has 6 nitrogen and oxygen atoms in total. The van der Waals surface area contributed by atoms with Gasteiger partial charge in [0.05, 0.1) is 26.5 Å². The number of thiazole rings is 1. The zero-order valence-corrected chi connectivity index (χ0v) is 18.5. The Morgan fingerprint density at radius 3 is 2.47 bits per heavy atom. The van der Waals surface area contributed by atoms with Crippen LogP contribution in [0.15, 0.2) is 42.5 Å². The molecule has 1 N–H and O–H groups in total. The van der Waals surface area contributed by atoms with Crippen LogP contribution in [0.25, 0.3) is 11.3 Å². The molecule has 0 fully saturated rings. The molecule has 30 heavy (non-hydrogen) atoms. The second kappa shape index (κ2) is 10.1. The van der Waals surface area contributed by atoms with Gasteiger partial charge in [-0.3, -0.25) is 4.79 Å². The summed E-state index contributed by atoms with van der Waals surface area (Å²) in [5.74, 6) is 2.09. The Balaban J connectivity index is 1.61. The van der Waals surface area contributed by atoms with Crippen molar-refractivity contribution in [2.24, 2.45) is 0 Å². The third-order valence-corrected chi connectivity index (χ3v) is 5.46. The van der Waals surface area contributed by atoms with Crippen molar-refractivity contribution >= 4 is 22.4 Å². The second-order valence-electron chi connectivity index (χ2n) is 6.62. The summed E-state index contributed by atoms with van der Waals surface area (Å²) in [7, 11) is 3.20. The highest BCUT2D eigenvalue weighted by Gasteiger charge is 2.13. The van der Waals surface area contributed by atoms with Crippen molar-refractivity contribution in [3.05, 3.63) is 52.9 Å². The maximum Gasteiger partial charge on any atom is 0.226 e. The highest BCUT2D eigenvalue weighted by Crippen LogP contribution is 2.32. The molecular weight excluding hydrogens is 400 g/mol. The Morgan fingerprint density at radius 2 is 1.80 bits per heavy atom. The van der Waals surface area contributed by atoms with Gasteiger partial charge in [0.25, 0.3) is 0 Å². The van der Waals surface area contributed by atoms with Crippen LogP contribution < -0.4 is 19.5 Å². The van der Waals surface area contributed by atoms with Crippen molar-refractivity contribution in [2.75, 3.05) is 26.1 Å². The number of benzene rings is 2. The normalized spacial score (nSPS) is 10.5.